The molecule has 0 radical (unpaired) electrons. The number of aliphatic carboxylic acids is 1. The van der Waals surface area contributed by atoms with Crippen molar-refractivity contribution in [2.75, 3.05) is 13.7 Å². The molecule has 0 spiro atoms. The first-order chi connectivity index (χ1) is 10.0. The highest BCUT2D eigenvalue weighted by molar-refractivity contribution is 5.82. The summed E-state index contributed by atoms with van der Waals surface area (Å²) in [6.07, 6.45) is 1.63. The molecule has 1 aromatic rings. The van der Waals surface area contributed by atoms with E-state index in [0.717, 1.165) is 12.8 Å². The van der Waals surface area contributed by atoms with Crippen molar-refractivity contribution < 1.29 is 19.4 Å². The van der Waals surface area contributed by atoms with Gasteiger partial charge >= 0.3 is 12.0 Å². The van der Waals surface area contributed by atoms with Crippen molar-refractivity contribution in [1.82, 2.24) is 10.6 Å². The van der Waals surface area contributed by atoms with Crippen LogP contribution in [0.1, 0.15) is 18.9 Å². The highest BCUT2D eigenvalue weighted by atomic mass is 16.5. The number of aryl methyl sites for hydroxylation is 1. The topological polar surface area (TPSA) is 87.7 Å². The Morgan fingerprint density at radius 2 is 1.90 bits per heavy atom. The molecule has 0 aliphatic heterocycles. The van der Waals surface area contributed by atoms with Gasteiger partial charge in [0.25, 0.3) is 0 Å². The molecule has 21 heavy (non-hydrogen) atoms. The number of nitrogens with one attached hydrogen (secondary N) is 2. The van der Waals surface area contributed by atoms with Crippen LogP contribution < -0.4 is 10.6 Å². The molecule has 0 fully saturated rings. The number of urea groups is 1. The summed E-state index contributed by atoms with van der Waals surface area (Å²) < 4.78 is 4.75. The highest BCUT2D eigenvalue weighted by Gasteiger charge is 2.20. The summed E-state index contributed by atoms with van der Waals surface area (Å²) in [7, 11) is 1.39. The minimum atomic E-state index is -1.12. The number of hydrogen-bond acceptors (Lipinski definition) is 3. The molecule has 6 heteroatoms. The Morgan fingerprint density at radius 1 is 1.24 bits per heavy atom. The molecule has 0 aliphatic rings. The number of ether oxygens (including phenoxy) is 1. The Morgan fingerprint density at radius 3 is 2.48 bits per heavy atom. The van der Waals surface area contributed by atoms with Crippen molar-refractivity contribution in [1.29, 1.82) is 0 Å². The molecule has 2 unspecified atom stereocenters. The van der Waals surface area contributed by atoms with Gasteiger partial charge in [0.1, 0.15) is 0 Å². The van der Waals surface area contributed by atoms with Gasteiger partial charge in [-0.25, -0.2) is 9.59 Å². The molecule has 6 nitrogen and oxygen atoms in total. The Kier molecular flexibility index (Phi) is 7.25. The third-order valence-electron chi connectivity index (χ3n) is 3.02. The first-order valence-electron chi connectivity index (χ1n) is 6.85. The number of carboxylic acid groups (broad SMARTS) is 1. The second-order valence-electron chi connectivity index (χ2n) is 4.89. The van der Waals surface area contributed by atoms with Gasteiger partial charge in [-0.15, -0.1) is 0 Å². The number of rotatable bonds is 8. The van der Waals surface area contributed by atoms with E-state index in [4.69, 9.17) is 9.84 Å². The summed E-state index contributed by atoms with van der Waals surface area (Å²) in [4.78, 5) is 22.6. The lowest BCUT2D eigenvalue weighted by Gasteiger charge is -2.18. The summed E-state index contributed by atoms with van der Waals surface area (Å²) in [5.41, 5.74) is 1.20. The van der Waals surface area contributed by atoms with Gasteiger partial charge in [-0.1, -0.05) is 30.3 Å². The fraction of sp³-hybridized carbons (Fsp3) is 0.467. The molecule has 2 amide bonds. The molecule has 0 saturated heterocycles. The average molecular weight is 294 g/mol. The van der Waals surface area contributed by atoms with Crippen molar-refractivity contribution in [2.24, 2.45) is 0 Å². The molecule has 2 atom stereocenters. The van der Waals surface area contributed by atoms with E-state index in [0.29, 0.717) is 0 Å². The number of carboxylic acids is 1. The van der Waals surface area contributed by atoms with E-state index in [1.165, 1.54) is 12.7 Å². The van der Waals surface area contributed by atoms with Crippen molar-refractivity contribution in [3.05, 3.63) is 35.9 Å². The molecular weight excluding hydrogens is 272 g/mol. The van der Waals surface area contributed by atoms with Crippen molar-refractivity contribution in [3.63, 3.8) is 0 Å². The SMILES string of the molecule is COCC(NC(=O)NC(C)CCc1ccccc1)C(=O)O. The standard InChI is InChI=1S/C15H22N2O4/c1-11(8-9-12-6-4-3-5-7-12)16-15(20)17-13(10-21-2)14(18)19/h3-7,11,13H,8-10H2,1-2H3,(H,18,19)(H2,16,17,20). The number of amides is 2. The molecule has 116 valence electrons. The largest absolute Gasteiger partial charge is 0.480 e. The molecule has 0 saturated carbocycles. The van der Waals surface area contributed by atoms with Gasteiger partial charge in [0, 0.05) is 13.2 Å². The minimum Gasteiger partial charge on any atom is -0.480 e. The van der Waals surface area contributed by atoms with Gasteiger partial charge in [0.05, 0.1) is 6.61 Å². The number of benzene rings is 1. The van der Waals surface area contributed by atoms with Crippen LogP contribution in [0.2, 0.25) is 0 Å². The summed E-state index contributed by atoms with van der Waals surface area (Å²) in [5.74, 6) is -1.12. The normalized spacial score (nSPS) is 13.2. The minimum absolute atomic E-state index is 0.0535. The molecule has 0 heterocycles. The Labute approximate surface area is 124 Å². The molecule has 3 N–H and O–H groups in total. The summed E-state index contributed by atoms with van der Waals surface area (Å²) in [5, 5.41) is 14.0. The molecule has 1 rings (SSSR count). The van der Waals surface area contributed by atoms with Crippen LogP contribution in [-0.2, 0) is 16.0 Å². The monoisotopic (exact) mass is 294 g/mol. The zero-order chi connectivity index (χ0) is 15.7. The van der Waals surface area contributed by atoms with Gasteiger partial charge < -0.3 is 20.5 Å². The van der Waals surface area contributed by atoms with Crippen molar-refractivity contribution in [3.8, 4) is 0 Å². The van der Waals surface area contributed by atoms with Crippen LogP contribution in [-0.4, -0.2) is 42.9 Å². The second-order valence-corrected chi connectivity index (χ2v) is 4.89. The molecule has 1 aromatic carbocycles. The maximum Gasteiger partial charge on any atom is 0.328 e. The zero-order valence-electron chi connectivity index (χ0n) is 12.3. The maximum absolute atomic E-state index is 11.7. The Balaban J connectivity index is 2.34. The van der Waals surface area contributed by atoms with Crippen molar-refractivity contribution in [2.45, 2.75) is 31.8 Å². The van der Waals surface area contributed by atoms with Crippen LogP contribution in [0, 0.1) is 0 Å². The number of carbonyl (C=O) groups is 2. The van der Waals surface area contributed by atoms with Crippen molar-refractivity contribution >= 4 is 12.0 Å². The number of hydrogen-bond donors (Lipinski definition) is 3. The second kappa shape index (κ2) is 8.97. The quantitative estimate of drug-likeness (QED) is 0.676. The van der Waals surface area contributed by atoms with Gasteiger partial charge in [-0.05, 0) is 25.3 Å². The fourth-order valence-electron chi connectivity index (χ4n) is 1.87. The van der Waals surface area contributed by atoms with Gasteiger partial charge in [-0.2, -0.15) is 0 Å². The number of methoxy groups -OCH3 is 1. The maximum atomic E-state index is 11.7. The first kappa shape index (κ1) is 17.0. The van der Waals surface area contributed by atoms with Crippen LogP contribution in [0.15, 0.2) is 30.3 Å². The predicted octanol–water partition coefficient (Wildman–Crippen LogP) is 1.41. The predicted molar refractivity (Wildman–Crippen MR) is 79.2 cm³/mol. The van der Waals surface area contributed by atoms with E-state index in [9.17, 15) is 9.59 Å². The number of carbonyl (C=O) groups excluding carboxylic acids is 1. The smallest absolute Gasteiger partial charge is 0.328 e. The van der Waals surface area contributed by atoms with Gasteiger partial charge in [0.15, 0.2) is 6.04 Å². The summed E-state index contributed by atoms with van der Waals surface area (Å²) in [6, 6.07) is 8.38. The third kappa shape index (κ3) is 6.76. The zero-order valence-corrected chi connectivity index (χ0v) is 12.3. The third-order valence-corrected chi connectivity index (χ3v) is 3.02. The molecule has 0 bridgehead atoms. The van der Waals surface area contributed by atoms with Gasteiger partial charge in [-0.3, -0.25) is 0 Å². The average Bonchev–Trinajstić information content (AvgIpc) is 2.45. The van der Waals surface area contributed by atoms with Crippen LogP contribution in [0.4, 0.5) is 4.79 Å². The van der Waals surface area contributed by atoms with E-state index in [2.05, 4.69) is 10.6 Å². The highest BCUT2D eigenvalue weighted by Crippen LogP contribution is 2.04. The lowest BCUT2D eigenvalue weighted by atomic mass is 10.1. The molecule has 0 aliphatic carbocycles. The van der Waals surface area contributed by atoms with E-state index >= 15 is 0 Å². The van der Waals surface area contributed by atoms with Crippen LogP contribution in [0.3, 0.4) is 0 Å². The van der Waals surface area contributed by atoms with E-state index < -0.39 is 18.0 Å². The summed E-state index contributed by atoms with van der Waals surface area (Å²) >= 11 is 0. The lowest BCUT2D eigenvalue weighted by Crippen LogP contribution is -2.50. The van der Waals surface area contributed by atoms with E-state index in [1.54, 1.807) is 0 Å². The fourth-order valence-corrected chi connectivity index (χ4v) is 1.87. The lowest BCUT2D eigenvalue weighted by molar-refractivity contribution is -0.140. The molecular formula is C15H22N2O4. The Bertz CT molecular complexity index is 450. The summed E-state index contributed by atoms with van der Waals surface area (Å²) in [6.45, 7) is 1.82. The van der Waals surface area contributed by atoms with E-state index in [1.807, 2.05) is 37.3 Å². The Hall–Kier alpha value is -2.08. The van der Waals surface area contributed by atoms with E-state index in [-0.39, 0.29) is 12.6 Å². The van der Waals surface area contributed by atoms with Crippen LogP contribution in [0.5, 0.6) is 0 Å². The van der Waals surface area contributed by atoms with Gasteiger partial charge in [0.2, 0.25) is 0 Å². The molecule has 0 aromatic heterocycles. The van der Waals surface area contributed by atoms with Crippen LogP contribution in [0.25, 0.3) is 0 Å². The van der Waals surface area contributed by atoms with Crippen LogP contribution >= 0.6 is 0 Å². The first-order valence-corrected chi connectivity index (χ1v) is 6.85.